The molecule has 124 valence electrons. The summed E-state index contributed by atoms with van der Waals surface area (Å²) in [7, 11) is 0. The molecule has 0 bridgehead atoms. The predicted molar refractivity (Wildman–Crippen MR) is 102 cm³/mol. The molecule has 4 nitrogen and oxygen atoms in total. The predicted octanol–water partition coefficient (Wildman–Crippen LogP) is 4.94. The van der Waals surface area contributed by atoms with Crippen molar-refractivity contribution in [3.63, 3.8) is 0 Å². The molecule has 0 aliphatic rings. The van der Waals surface area contributed by atoms with Gasteiger partial charge >= 0.3 is 0 Å². The molecule has 0 N–H and O–H groups in total. The van der Waals surface area contributed by atoms with Crippen LogP contribution in [0, 0.1) is 22.0 Å². The van der Waals surface area contributed by atoms with E-state index in [0.29, 0.717) is 0 Å². The van der Waals surface area contributed by atoms with Crippen LogP contribution in [0.2, 0.25) is 0 Å². The molecule has 0 aliphatic carbocycles. The minimum absolute atomic E-state index is 0.0714. The highest BCUT2D eigenvalue weighted by Gasteiger charge is 2.11. The van der Waals surface area contributed by atoms with Crippen LogP contribution in [0.3, 0.4) is 0 Å². The zero-order valence-corrected chi connectivity index (χ0v) is 13.8. The third-order valence-electron chi connectivity index (χ3n) is 4.14. The molecule has 0 unspecified atom stereocenters. The number of fused-ring (bicyclic) bond motifs is 1. The number of non-ortho nitro benzene ring substituents is 1. The normalized spacial score (nSPS) is 10.3. The zero-order chi connectivity index (χ0) is 17.9. The second kappa shape index (κ2) is 6.58. The van der Waals surface area contributed by atoms with E-state index < -0.39 is 4.92 Å². The number of benzene rings is 3. The molecule has 4 rings (SSSR count). The van der Waals surface area contributed by atoms with Crippen LogP contribution in [-0.4, -0.2) is 9.49 Å². The van der Waals surface area contributed by atoms with E-state index in [0.717, 1.165) is 27.8 Å². The van der Waals surface area contributed by atoms with E-state index in [1.54, 1.807) is 12.1 Å². The lowest BCUT2D eigenvalue weighted by molar-refractivity contribution is -0.384. The summed E-state index contributed by atoms with van der Waals surface area (Å²) in [5.41, 5.74) is 3.70. The number of nitro benzene ring substituents is 1. The van der Waals surface area contributed by atoms with Gasteiger partial charge in [0.25, 0.3) is 5.69 Å². The first kappa shape index (κ1) is 15.7. The minimum atomic E-state index is -0.395. The Morgan fingerprint density at radius 2 is 1.50 bits per heavy atom. The third kappa shape index (κ3) is 2.94. The first-order valence-electron chi connectivity index (χ1n) is 8.15. The highest BCUT2D eigenvalue weighted by Crippen LogP contribution is 2.25. The number of para-hydroxylation sites is 1. The van der Waals surface area contributed by atoms with Crippen LogP contribution in [0.4, 0.5) is 5.69 Å². The molecule has 26 heavy (non-hydrogen) atoms. The van der Waals surface area contributed by atoms with Gasteiger partial charge in [-0.1, -0.05) is 42.3 Å². The van der Waals surface area contributed by atoms with Gasteiger partial charge in [0.15, 0.2) is 0 Å². The van der Waals surface area contributed by atoms with Crippen molar-refractivity contribution in [1.82, 2.24) is 4.57 Å². The van der Waals surface area contributed by atoms with Crippen LogP contribution in [0.15, 0.2) is 84.9 Å². The van der Waals surface area contributed by atoms with Gasteiger partial charge in [-0.05, 0) is 42.3 Å². The third-order valence-corrected chi connectivity index (χ3v) is 4.14. The van der Waals surface area contributed by atoms with Crippen molar-refractivity contribution in [2.45, 2.75) is 0 Å². The molecule has 4 heteroatoms. The molecule has 0 amide bonds. The number of nitro groups is 1. The maximum Gasteiger partial charge on any atom is 0.269 e. The van der Waals surface area contributed by atoms with E-state index in [-0.39, 0.29) is 5.69 Å². The summed E-state index contributed by atoms with van der Waals surface area (Å²) < 4.78 is 2.02. The smallest absolute Gasteiger partial charge is 0.269 e. The molecule has 0 fully saturated rings. The number of nitrogens with zero attached hydrogens (tertiary/aromatic N) is 2. The summed E-state index contributed by atoms with van der Waals surface area (Å²) in [6.07, 6.45) is 0. The molecule has 0 atom stereocenters. The van der Waals surface area contributed by atoms with Gasteiger partial charge < -0.3 is 4.57 Å². The molecule has 3 aromatic carbocycles. The molecule has 1 aromatic heterocycles. The molecular formula is C22H14N2O2. The Bertz CT molecular complexity index is 1150. The SMILES string of the molecule is O=[N+]([O-])c1ccc(-n2c(C#Cc3ccccc3)cc3ccccc32)cc1. The van der Waals surface area contributed by atoms with Gasteiger partial charge in [0.1, 0.15) is 0 Å². The van der Waals surface area contributed by atoms with Gasteiger partial charge in [0.2, 0.25) is 0 Å². The van der Waals surface area contributed by atoms with Crippen molar-refractivity contribution < 1.29 is 4.92 Å². The van der Waals surface area contributed by atoms with Crippen LogP contribution in [0.5, 0.6) is 0 Å². The van der Waals surface area contributed by atoms with Gasteiger partial charge in [-0.25, -0.2) is 0 Å². The first-order valence-corrected chi connectivity index (χ1v) is 8.15. The molecule has 1 heterocycles. The number of rotatable bonds is 2. The summed E-state index contributed by atoms with van der Waals surface area (Å²) in [6.45, 7) is 0. The van der Waals surface area contributed by atoms with Gasteiger partial charge in [0.05, 0.1) is 16.1 Å². The lowest BCUT2D eigenvalue weighted by Gasteiger charge is -2.07. The van der Waals surface area contributed by atoms with E-state index in [2.05, 4.69) is 11.8 Å². The summed E-state index contributed by atoms with van der Waals surface area (Å²) in [4.78, 5) is 10.5. The maximum absolute atomic E-state index is 10.9. The summed E-state index contributed by atoms with van der Waals surface area (Å²) in [5.74, 6) is 6.42. The zero-order valence-electron chi connectivity index (χ0n) is 13.8. The van der Waals surface area contributed by atoms with Crippen molar-refractivity contribution in [2.75, 3.05) is 0 Å². The van der Waals surface area contributed by atoms with E-state index in [9.17, 15) is 10.1 Å². The fourth-order valence-electron chi connectivity index (χ4n) is 2.91. The highest BCUT2D eigenvalue weighted by molar-refractivity contribution is 5.84. The molecule has 4 aromatic rings. The quantitative estimate of drug-likeness (QED) is 0.295. The first-order chi connectivity index (χ1) is 12.7. The van der Waals surface area contributed by atoms with E-state index >= 15 is 0 Å². The van der Waals surface area contributed by atoms with Crippen molar-refractivity contribution in [1.29, 1.82) is 0 Å². The fourth-order valence-corrected chi connectivity index (χ4v) is 2.91. The summed E-state index contributed by atoms with van der Waals surface area (Å²) >= 11 is 0. The van der Waals surface area contributed by atoms with Gasteiger partial charge in [-0.15, -0.1) is 0 Å². The monoisotopic (exact) mass is 338 g/mol. The average Bonchev–Trinajstić information content (AvgIpc) is 3.05. The van der Waals surface area contributed by atoms with Crippen LogP contribution in [-0.2, 0) is 0 Å². The van der Waals surface area contributed by atoms with Crippen LogP contribution in [0.1, 0.15) is 11.3 Å². The maximum atomic E-state index is 10.9. The second-order valence-corrected chi connectivity index (χ2v) is 5.81. The highest BCUT2D eigenvalue weighted by atomic mass is 16.6. The van der Waals surface area contributed by atoms with E-state index in [1.165, 1.54) is 12.1 Å². The Labute approximate surface area is 150 Å². The summed E-state index contributed by atoms with van der Waals surface area (Å²) in [5, 5.41) is 12.0. The van der Waals surface area contributed by atoms with Crippen LogP contribution in [0.25, 0.3) is 16.6 Å². The van der Waals surface area contributed by atoms with Crippen LogP contribution < -0.4 is 0 Å². The van der Waals surface area contributed by atoms with E-state index in [1.807, 2.05) is 65.2 Å². The van der Waals surface area contributed by atoms with Crippen molar-refractivity contribution in [3.8, 4) is 17.5 Å². The Morgan fingerprint density at radius 1 is 0.808 bits per heavy atom. The standard InChI is InChI=1S/C22H14N2O2/c25-24(26)20-14-12-19(13-15-20)23-21(11-10-17-6-2-1-3-7-17)16-18-8-4-5-9-22(18)23/h1-9,12-16H. The largest absolute Gasteiger partial charge is 0.303 e. The summed E-state index contributed by atoms with van der Waals surface area (Å²) in [6, 6.07) is 26.4. The van der Waals surface area contributed by atoms with E-state index in [4.69, 9.17) is 0 Å². The Balaban J connectivity index is 1.87. The molecule has 0 saturated heterocycles. The van der Waals surface area contributed by atoms with Crippen LogP contribution >= 0.6 is 0 Å². The Hall–Kier alpha value is -3.84. The average molecular weight is 338 g/mol. The Morgan fingerprint density at radius 3 is 2.23 bits per heavy atom. The molecule has 0 aliphatic heterocycles. The fraction of sp³-hybridized carbons (Fsp3) is 0. The van der Waals surface area contributed by atoms with Gasteiger partial charge in [-0.3, -0.25) is 10.1 Å². The minimum Gasteiger partial charge on any atom is -0.303 e. The van der Waals surface area contributed by atoms with Crippen molar-refractivity contribution in [2.24, 2.45) is 0 Å². The lowest BCUT2D eigenvalue weighted by atomic mass is 10.2. The van der Waals surface area contributed by atoms with Crippen molar-refractivity contribution >= 4 is 16.6 Å². The molecule has 0 spiro atoms. The van der Waals surface area contributed by atoms with Gasteiger partial charge in [-0.2, -0.15) is 0 Å². The molecule has 0 saturated carbocycles. The van der Waals surface area contributed by atoms with Crippen molar-refractivity contribution in [3.05, 3.63) is 106 Å². The number of hydrogen-bond donors (Lipinski definition) is 0. The molecule has 0 radical (unpaired) electrons. The number of hydrogen-bond acceptors (Lipinski definition) is 2. The topological polar surface area (TPSA) is 48.1 Å². The lowest BCUT2D eigenvalue weighted by Crippen LogP contribution is -1.97. The van der Waals surface area contributed by atoms with Gasteiger partial charge in [0, 0.05) is 28.8 Å². The second-order valence-electron chi connectivity index (χ2n) is 5.81. The Kier molecular flexibility index (Phi) is 3.97. The number of aromatic nitrogens is 1. The molecular weight excluding hydrogens is 324 g/mol.